The number of ether oxygens (including phenoxy) is 2. The summed E-state index contributed by atoms with van der Waals surface area (Å²) < 4.78 is 11.6. The summed E-state index contributed by atoms with van der Waals surface area (Å²) in [6, 6.07) is 26.3. The molecule has 1 saturated carbocycles. The number of carbonyl (C=O) groups excluding carboxylic acids is 2. The van der Waals surface area contributed by atoms with E-state index in [1.54, 1.807) is 7.11 Å². The van der Waals surface area contributed by atoms with Crippen LogP contribution in [0.4, 0.5) is 0 Å². The topological polar surface area (TPSA) is 71.1 Å². The van der Waals surface area contributed by atoms with Gasteiger partial charge in [-0.3, -0.25) is 14.5 Å². The van der Waals surface area contributed by atoms with Crippen molar-refractivity contribution in [2.75, 3.05) is 33.3 Å². The Morgan fingerprint density at radius 3 is 2.22 bits per heavy atom. The second-order valence-electron chi connectivity index (χ2n) is 13.1. The van der Waals surface area contributed by atoms with Crippen LogP contribution in [0, 0.1) is 5.92 Å². The van der Waals surface area contributed by atoms with Crippen LogP contribution in [0.3, 0.4) is 0 Å². The van der Waals surface area contributed by atoms with Crippen LogP contribution in [0.1, 0.15) is 68.9 Å². The molecule has 0 bridgehead atoms. The Labute approximate surface area is 267 Å². The molecule has 7 nitrogen and oxygen atoms in total. The van der Waals surface area contributed by atoms with Crippen molar-refractivity contribution in [2.45, 2.75) is 75.8 Å². The molecule has 0 aromatic heterocycles. The van der Waals surface area contributed by atoms with Gasteiger partial charge in [0.1, 0.15) is 5.75 Å². The van der Waals surface area contributed by atoms with Gasteiger partial charge in [-0.15, -0.1) is 0 Å². The molecule has 1 aliphatic carbocycles. The molecular weight excluding hydrogens is 562 g/mol. The van der Waals surface area contributed by atoms with E-state index in [4.69, 9.17) is 9.47 Å². The summed E-state index contributed by atoms with van der Waals surface area (Å²) in [5, 5.41) is 3.46. The summed E-state index contributed by atoms with van der Waals surface area (Å²) in [6.07, 6.45) is 8.71. The molecule has 0 radical (unpaired) electrons. The van der Waals surface area contributed by atoms with Gasteiger partial charge in [-0.2, -0.15) is 0 Å². The van der Waals surface area contributed by atoms with Gasteiger partial charge in [0.15, 0.2) is 11.5 Å². The molecule has 238 valence electrons. The minimum absolute atomic E-state index is 0.122. The SMILES string of the molecule is COc1ccccc1Oc1cccc(CN2CCC(NC(=O)C3(c4ccccc4)CCN(C(=O)CC4CCCC4)CC3)CC2)c1. The van der Waals surface area contributed by atoms with Gasteiger partial charge in [-0.1, -0.05) is 67.4 Å². The van der Waals surface area contributed by atoms with Crippen molar-refractivity contribution in [3.63, 3.8) is 0 Å². The average Bonchev–Trinajstić information content (AvgIpc) is 3.59. The molecule has 3 fully saturated rings. The number of methoxy groups -OCH3 is 1. The molecule has 2 saturated heterocycles. The van der Waals surface area contributed by atoms with Gasteiger partial charge in [0.2, 0.25) is 11.8 Å². The molecule has 3 aromatic rings. The number of carbonyl (C=O) groups is 2. The van der Waals surface area contributed by atoms with Crippen LogP contribution in [0.2, 0.25) is 0 Å². The minimum atomic E-state index is -0.593. The number of para-hydroxylation sites is 2. The number of piperidine rings is 2. The Bertz CT molecular complexity index is 1420. The Hall–Kier alpha value is -3.84. The van der Waals surface area contributed by atoms with Crippen LogP contribution in [-0.2, 0) is 21.5 Å². The Kier molecular flexibility index (Phi) is 10.0. The van der Waals surface area contributed by atoms with Crippen molar-refractivity contribution in [1.82, 2.24) is 15.1 Å². The first-order chi connectivity index (χ1) is 22.0. The van der Waals surface area contributed by atoms with Crippen LogP contribution in [0.25, 0.3) is 0 Å². The largest absolute Gasteiger partial charge is 0.493 e. The first-order valence-corrected chi connectivity index (χ1v) is 16.8. The number of benzene rings is 3. The highest BCUT2D eigenvalue weighted by molar-refractivity contribution is 5.89. The number of likely N-dealkylation sites (tertiary alicyclic amines) is 2. The molecule has 1 N–H and O–H groups in total. The fourth-order valence-electron chi connectivity index (χ4n) is 7.49. The molecule has 2 aliphatic heterocycles. The third-order valence-corrected chi connectivity index (χ3v) is 10.2. The van der Waals surface area contributed by atoms with E-state index >= 15 is 0 Å². The van der Waals surface area contributed by atoms with E-state index in [0.29, 0.717) is 49.8 Å². The van der Waals surface area contributed by atoms with Crippen molar-refractivity contribution in [3.05, 3.63) is 90.0 Å². The highest BCUT2D eigenvalue weighted by Crippen LogP contribution is 2.38. The maximum absolute atomic E-state index is 14.1. The van der Waals surface area contributed by atoms with Crippen molar-refractivity contribution in [1.29, 1.82) is 0 Å². The molecule has 2 amide bonds. The van der Waals surface area contributed by atoms with Crippen molar-refractivity contribution >= 4 is 11.8 Å². The molecule has 0 spiro atoms. The van der Waals surface area contributed by atoms with Crippen molar-refractivity contribution < 1.29 is 19.1 Å². The highest BCUT2D eigenvalue weighted by atomic mass is 16.5. The summed E-state index contributed by atoms with van der Waals surface area (Å²) in [4.78, 5) is 31.7. The van der Waals surface area contributed by atoms with Crippen LogP contribution in [0.5, 0.6) is 17.2 Å². The monoisotopic (exact) mass is 609 g/mol. The number of amides is 2. The van der Waals surface area contributed by atoms with Crippen LogP contribution in [-0.4, -0.2) is 60.9 Å². The van der Waals surface area contributed by atoms with Gasteiger partial charge in [-0.25, -0.2) is 0 Å². The van der Waals surface area contributed by atoms with Crippen LogP contribution >= 0.6 is 0 Å². The zero-order valence-electron chi connectivity index (χ0n) is 26.6. The number of rotatable bonds is 10. The molecule has 0 unspecified atom stereocenters. The fraction of sp³-hybridized carbons (Fsp3) is 0.474. The minimum Gasteiger partial charge on any atom is -0.493 e. The van der Waals surface area contributed by atoms with Gasteiger partial charge in [-0.05, 0) is 79.8 Å². The molecule has 45 heavy (non-hydrogen) atoms. The third kappa shape index (κ3) is 7.52. The predicted octanol–water partition coefficient (Wildman–Crippen LogP) is 6.71. The van der Waals surface area contributed by atoms with Crippen molar-refractivity contribution in [3.8, 4) is 17.2 Å². The maximum Gasteiger partial charge on any atom is 0.231 e. The van der Waals surface area contributed by atoms with Crippen molar-refractivity contribution in [2.24, 2.45) is 5.92 Å². The third-order valence-electron chi connectivity index (χ3n) is 10.2. The second-order valence-corrected chi connectivity index (χ2v) is 13.1. The molecular formula is C38H47N3O4. The lowest BCUT2D eigenvalue weighted by atomic mass is 9.71. The smallest absolute Gasteiger partial charge is 0.231 e. The van der Waals surface area contributed by atoms with Gasteiger partial charge in [0.05, 0.1) is 12.5 Å². The Morgan fingerprint density at radius 2 is 1.51 bits per heavy atom. The zero-order valence-corrected chi connectivity index (χ0v) is 26.6. The van der Waals surface area contributed by atoms with E-state index in [1.165, 1.54) is 31.2 Å². The molecule has 2 heterocycles. The number of nitrogens with one attached hydrogen (secondary N) is 1. The van der Waals surface area contributed by atoms with Gasteiger partial charge < -0.3 is 19.7 Å². The Balaban J connectivity index is 1.03. The lowest BCUT2D eigenvalue weighted by Gasteiger charge is -2.42. The number of hydrogen-bond acceptors (Lipinski definition) is 5. The lowest BCUT2D eigenvalue weighted by Crippen LogP contribution is -2.55. The highest BCUT2D eigenvalue weighted by Gasteiger charge is 2.44. The van der Waals surface area contributed by atoms with Gasteiger partial charge in [0.25, 0.3) is 0 Å². The molecule has 6 rings (SSSR count). The molecule has 3 aromatic carbocycles. The molecule has 7 heteroatoms. The van der Waals surface area contributed by atoms with E-state index in [1.807, 2.05) is 59.5 Å². The number of nitrogens with zero attached hydrogens (tertiary/aromatic N) is 2. The fourth-order valence-corrected chi connectivity index (χ4v) is 7.49. The first kappa shape index (κ1) is 31.2. The number of hydrogen-bond donors (Lipinski definition) is 1. The standard InChI is InChI=1S/C38H47N3O4/c1-44-34-16-7-8-17-35(34)45-33-15-9-12-30(26-33)28-40-22-18-32(19-23-40)39-37(43)38(31-13-3-2-4-14-31)20-24-41(25-21-38)36(42)27-29-10-5-6-11-29/h2-4,7-9,12-17,26,29,32H,5-6,10-11,18-25,27-28H2,1H3,(H,39,43). The Morgan fingerprint density at radius 1 is 0.822 bits per heavy atom. The summed E-state index contributed by atoms with van der Waals surface area (Å²) >= 11 is 0. The molecule has 0 atom stereocenters. The summed E-state index contributed by atoms with van der Waals surface area (Å²) in [6.45, 7) is 3.97. The normalized spacial score (nSPS) is 19.3. The van der Waals surface area contributed by atoms with Crippen LogP contribution < -0.4 is 14.8 Å². The quantitative estimate of drug-likeness (QED) is 0.277. The maximum atomic E-state index is 14.1. The van der Waals surface area contributed by atoms with Gasteiger partial charge >= 0.3 is 0 Å². The summed E-state index contributed by atoms with van der Waals surface area (Å²) in [5.41, 5.74) is 1.67. The van der Waals surface area contributed by atoms with E-state index in [-0.39, 0.29) is 17.9 Å². The second kappa shape index (κ2) is 14.5. The van der Waals surface area contributed by atoms with E-state index in [0.717, 1.165) is 43.8 Å². The van der Waals surface area contributed by atoms with E-state index in [9.17, 15) is 9.59 Å². The average molecular weight is 610 g/mol. The zero-order chi connectivity index (χ0) is 31.1. The van der Waals surface area contributed by atoms with Crippen LogP contribution in [0.15, 0.2) is 78.9 Å². The van der Waals surface area contributed by atoms with E-state index in [2.05, 4.69) is 34.5 Å². The lowest BCUT2D eigenvalue weighted by molar-refractivity contribution is -0.138. The molecule has 3 aliphatic rings. The first-order valence-electron chi connectivity index (χ1n) is 16.8. The van der Waals surface area contributed by atoms with Gasteiger partial charge in [0, 0.05) is 45.2 Å². The predicted molar refractivity (Wildman–Crippen MR) is 176 cm³/mol. The summed E-state index contributed by atoms with van der Waals surface area (Å²) in [5.74, 6) is 3.13. The summed E-state index contributed by atoms with van der Waals surface area (Å²) in [7, 11) is 1.65. The van der Waals surface area contributed by atoms with E-state index < -0.39 is 5.41 Å².